The van der Waals surface area contributed by atoms with Crippen molar-refractivity contribution in [3.63, 3.8) is 0 Å². The van der Waals surface area contributed by atoms with Crippen molar-refractivity contribution in [3.05, 3.63) is 58.1 Å². The number of rotatable bonds is 4. The summed E-state index contributed by atoms with van der Waals surface area (Å²) in [6, 6.07) is 10.3. The molecule has 0 amide bonds. The van der Waals surface area contributed by atoms with Crippen LogP contribution in [0.5, 0.6) is 17.2 Å². The average molecular weight is 261 g/mol. The molecule has 2 rings (SSSR count). The fourth-order valence-corrected chi connectivity index (χ4v) is 1.55. The highest BCUT2D eigenvalue weighted by Gasteiger charge is 2.09. The maximum atomic E-state index is 10.6. The van der Waals surface area contributed by atoms with Crippen molar-refractivity contribution in [2.45, 2.75) is 6.61 Å². The van der Waals surface area contributed by atoms with Crippen LogP contribution < -0.4 is 4.74 Å². The number of phenols is 2. The lowest BCUT2D eigenvalue weighted by Crippen LogP contribution is -1.97. The van der Waals surface area contributed by atoms with E-state index in [2.05, 4.69) is 0 Å². The quantitative estimate of drug-likeness (QED) is 0.501. The fourth-order valence-electron chi connectivity index (χ4n) is 1.55. The maximum Gasteiger partial charge on any atom is 0.269 e. The van der Waals surface area contributed by atoms with Crippen LogP contribution in [0.3, 0.4) is 0 Å². The molecule has 2 N–H and O–H groups in total. The highest BCUT2D eigenvalue weighted by Crippen LogP contribution is 2.34. The first-order valence-electron chi connectivity index (χ1n) is 5.45. The van der Waals surface area contributed by atoms with Gasteiger partial charge >= 0.3 is 0 Å². The molecule has 0 aliphatic heterocycles. The molecular weight excluding hydrogens is 250 g/mol. The highest BCUT2D eigenvalue weighted by molar-refractivity contribution is 5.49. The van der Waals surface area contributed by atoms with E-state index in [-0.39, 0.29) is 29.5 Å². The number of nitrogens with zero attached hydrogens (tertiary/aromatic N) is 1. The molecular formula is C13H11NO5. The summed E-state index contributed by atoms with van der Waals surface area (Å²) in [6.07, 6.45) is 0. The number of nitro benzene ring substituents is 1. The first-order valence-corrected chi connectivity index (χ1v) is 5.45. The first-order chi connectivity index (χ1) is 9.08. The second-order valence-electron chi connectivity index (χ2n) is 3.84. The lowest BCUT2D eigenvalue weighted by atomic mass is 10.2. The Morgan fingerprint density at radius 3 is 2.63 bits per heavy atom. The molecule has 0 atom stereocenters. The molecule has 19 heavy (non-hydrogen) atoms. The van der Waals surface area contributed by atoms with E-state index < -0.39 is 4.92 Å². The number of nitro groups is 1. The molecule has 0 aromatic heterocycles. The van der Waals surface area contributed by atoms with Crippen molar-refractivity contribution in [3.8, 4) is 17.2 Å². The van der Waals surface area contributed by atoms with Crippen molar-refractivity contribution in [2.75, 3.05) is 0 Å². The lowest BCUT2D eigenvalue weighted by molar-refractivity contribution is -0.384. The van der Waals surface area contributed by atoms with Gasteiger partial charge < -0.3 is 14.9 Å². The summed E-state index contributed by atoms with van der Waals surface area (Å²) in [6.45, 7) is 0.0543. The van der Waals surface area contributed by atoms with Crippen LogP contribution in [0.4, 0.5) is 5.69 Å². The normalized spacial score (nSPS) is 10.1. The first kappa shape index (κ1) is 12.7. The molecule has 0 saturated carbocycles. The predicted octanol–water partition coefficient (Wildman–Crippen LogP) is 2.59. The summed E-state index contributed by atoms with van der Waals surface area (Å²) in [4.78, 5) is 10.1. The third-order valence-corrected chi connectivity index (χ3v) is 2.49. The Kier molecular flexibility index (Phi) is 3.51. The van der Waals surface area contributed by atoms with Crippen LogP contribution in [0, 0.1) is 10.1 Å². The predicted molar refractivity (Wildman–Crippen MR) is 67.2 cm³/mol. The zero-order chi connectivity index (χ0) is 13.8. The molecule has 98 valence electrons. The minimum atomic E-state index is -0.491. The lowest BCUT2D eigenvalue weighted by Gasteiger charge is -2.08. The topological polar surface area (TPSA) is 92.8 Å². The number of benzene rings is 2. The summed E-state index contributed by atoms with van der Waals surface area (Å²) >= 11 is 0. The second kappa shape index (κ2) is 5.26. The van der Waals surface area contributed by atoms with E-state index in [0.29, 0.717) is 5.56 Å². The molecule has 0 heterocycles. The molecule has 0 radical (unpaired) electrons. The highest BCUT2D eigenvalue weighted by atomic mass is 16.6. The smallest absolute Gasteiger partial charge is 0.269 e. The van der Waals surface area contributed by atoms with Gasteiger partial charge in [-0.3, -0.25) is 10.1 Å². The molecule has 6 heteroatoms. The number of ether oxygens (including phenoxy) is 1. The largest absolute Gasteiger partial charge is 0.504 e. The van der Waals surface area contributed by atoms with E-state index in [9.17, 15) is 20.3 Å². The van der Waals surface area contributed by atoms with Crippen LogP contribution in [0.1, 0.15) is 5.56 Å². The van der Waals surface area contributed by atoms with E-state index in [0.717, 1.165) is 0 Å². The Hall–Kier alpha value is -2.76. The number of phenolic OH excluding ortho intramolecular Hbond substituents is 2. The number of para-hydroxylation sites is 1. The van der Waals surface area contributed by atoms with Gasteiger partial charge in [-0.25, -0.2) is 0 Å². The van der Waals surface area contributed by atoms with Gasteiger partial charge in [0.1, 0.15) is 6.61 Å². The van der Waals surface area contributed by atoms with E-state index in [4.69, 9.17) is 4.74 Å². The van der Waals surface area contributed by atoms with Crippen LogP contribution in [-0.2, 0) is 6.61 Å². The van der Waals surface area contributed by atoms with Gasteiger partial charge in [-0.15, -0.1) is 0 Å². The van der Waals surface area contributed by atoms with E-state index in [1.165, 1.54) is 30.3 Å². The Balaban J connectivity index is 2.12. The molecule has 0 aliphatic rings. The molecule has 0 aliphatic carbocycles. The van der Waals surface area contributed by atoms with Crippen molar-refractivity contribution in [2.24, 2.45) is 0 Å². The van der Waals surface area contributed by atoms with Crippen molar-refractivity contribution in [1.82, 2.24) is 0 Å². The molecule has 2 aromatic carbocycles. The monoisotopic (exact) mass is 261 g/mol. The summed E-state index contributed by atoms with van der Waals surface area (Å²) in [5, 5.41) is 29.4. The van der Waals surface area contributed by atoms with Crippen molar-refractivity contribution >= 4 is 5.69 Å². The van der Waals surface area contributed by atoms with Gasteiger partial charge in [-0.1, -0.05) is 18.2 Å². The number of hydrogen-bond donors (Lipinski definition) is 2. The summed E-state index contributed by atoms with van der Waals surface area (Å²) in [5.41, 5.74) is 0.568. The number of non-ortho nitro benzene ring substituents is 1. The van der Waals surface area contributed by atoms with E-state index in [1.807, 2.05) is 0 Å². The van der Waals surface area contributed by atoms with Crippen LogP contribution in [0.15, 0.2) is 42.5 Å². The zero-order valence-electron chi connectivity index (χ0n) is 9.81. The van der Waals surface area contributed by atoms with Crippen LogP contribution >= 0.6 is 0 Å². The Labute approximate surface area is 108 Å². The van der Waals surface area contributed by atoms with Crippen molar-refractivity contribution in [1.29, 1.82) is 0 Å². The molecule has 0 spiro atoms. The van der Waals surface area contributed by atoms with Gasteiger partial charge in [0.15, 0.2) is 11.5 Å². The molecule has 0 bridgehead atoms. The minimum Gasteiger partial charge on any atom is -0.504 e. The summed E-state index contributed by atoms with van der Waals surface area (Å²) in [7, 11) is 0. The van der Waals surface area contributed by atoms with Crippen molar-refractivity contribution < 1.29 is 19.9 Å². The third-order valence-electron chi connectivity index (χ3n) is 2.49. The van der Waals surface area contributed by atoms with Gasteiger partial charge in [-0.2, -0.15) is 0 Å². The van der Waals surface area contributed by atoms with Crippen LogP contribution in [-0.4, -0.2) is 15.1 Å². The van der Waals surface area contributed by atoms with Gasteiger partial charge in [0.25, 0.3) is 5.69 Å². The van der Waals surface area contributed by atoms with Crippen LogP contribution in [0.2, 0.25) is 0 Å². The van der Waals surface area contributed by atoms with E-state index in [1.54, 1.807) is 12.1 Å². The average Bonchev–Trinajstić information content (AvgIpc) is 2.41. The standard InChI is InChI=1S/C13H11NO5/c15-11-5-2-6-12(13(11)16)19-8-9-3-1-4-10(7-9)14(17)18/h1-7,15-16H,8H2. The van der Waals surface area contributed by atoms with Crippen LogP contribution in [0.25, 0.3) is 0 Å². The van der Waals surface area contributed by atoms with Gasteiger partial charge in [0.05, 0.1) is 4.92 Å². The van der Waals surface area contributed by atoms with Gasteiger partial charge in [-0.05, 0) is 17.7 Å². The molecule has 2 aromatic rings. The summed E-state index contributed by atoms with van der Waals surface area (Å²) in [5.74, 6) is -0.518. The van der Waals surface area contributed by atoms with Gasteiger partial charge in [0.2, 0.25) is 5.75 Å². The number of hydrogen-bond acceptors (Lipinski definition) is 5. The Morgan fingerprint density at radius 2 is 1.89 bits per heavy atom. The molecule has 0 saturated heterocycles. The summed E-state index contributed by atoms with van der Waals surface area (Å²) < 4.78 is 5.31. The maximum absolute atomic E-state index is 10.6. The second-order valence-corrected chi connectivity index (χ2v) is 3.84. The molecule has 0 fully saturated rings. The number of aromatic hydroxyl groups is 2. The minimum absolute atomic E-state index is 0.0266. The van der Waals surface area contributed by atoms with E-state index >= 15 is 0 Å². The fraction of sp³-hybridized carbons (Fsp3) is 0.0769. The SMILES string of the molecule is O=[N+]([O-])c1cccc(COc2cccc(O)c2O)c1. The Morgan fingerprint density at radius 1 is 1.16 bits per heavy atom. The van der Waals surface area contributed by atoms with Gasteiger partial charge in [0, 0.05) is 12.1 Å². The third kappa shape index (κ3) is 2.92. The Bertz CT molecular complexity index is 612. The molecule has 0 unspecified atom stereocenters. The zero-order valence-corrected chi connectivity index (χ0v) is 9.81. The molecule has 6 nitrogen and oxygen atoms in total.